The Balaban J connectivity index is 1.43. The Bertz CT molecular complexity index is 1020. The van der Waals surface area contributed by atoms with Gasteiger partial charge in [-0.2, -0.15) is 0 Å². The molecule has 2 aromatic carbocycles. The summed E-state index contributed by atoms with van der Waals surface area (Å²) < 4.78 is 10.2. The number of aryl methyl sites for hydroxylation is 2. The maximum atomic E-state index is 12.4. The van der Waals surface area contributed by atoms with E-state index in [1.807, 2.05) is 0 Å². The second kappa shape index (κ2) is 10.7. The van der Waals surface area contributed by atoms with Crippen molar-refractivity contribution in [1.82, 2.24) is 9.80 Å². The Labute approximate surface area is 197 Å². The summed E-state index contributed by atoms with van der Waals surface area (Å²) in [6.45, 7) is 3.79. The van der Waals surface area contributed by atoms with Crippen molar-refractivity contribution >= 4 is 35.1 Å². The van der Waals surface area contributed by atoms with Crippen molar-refractivity contribution < 1.29 is 28.7 Å². The molecule has 1 heterocycles. The second-order valence-electron chi connectivity index (χ2n) is 7.99. The van der Waals surface area contributed by atoms with E-state index in [2.05, 4.69) is 0 Å². The molecule has 0 radical (unpaired) electrons. The minimum Gasteiger partial charge on any atom is -0.452 e. The Kier molecular flexibility index (Phi) is 7.72. The molecule has 1 fully saturated rings. The molecule has 0 saturated carbocycles. The molecule has 2 aromatic rings. The van der Waals surface area contributed by atoms with Gasteiger partial charge in [0.15, 0.2) is 13.2 Å². The van der Waals surface area contributed by atoms with E-state index >= 15 is 0 Å². The highest BCUT2D eigenvalue weighted by molar-refractivity contribution is 5.97. The van der Waals surface area contributed by atoms with Gasteiger partial charge >= 0.3 is 11.9 Å². The summed E-state index contributed by atoms with van der Waals surface area (Å²) in [6, 6.07) is 10.0. The van der Waals surface area contributed by atoms with Gasteiger partial charge in [-0.25, -0.2) is 9.59 Å². The lowest BCUT2D eigenvalue weighted by Gasteiger charge is -2.34. The number of para-hydroxylation sites is 2. The first-order chi connectivity index (χ1) is 16.2. The van der Waals surface area contributed by atoms with Gasteiger partial charge in [0.2, 0.25) is 0 Å². The summed E-state index contributed by atoms with van der Waals surface area (Å²) in [7, 11) is 0. The number of esters is 2. The SMILES string of the molecule is Cc1cccc(C(=O)OCC(=O)N2CCN(C(=O)COC(=O)c3cccc(C)c3N)CC2)c1N. The van der Waals surface area contributed by atoms with Crippen molar-refractivity contribution in [3.8, 4) is 0 Å². The van der Waals surface area contributed by atoms with Crippen LogP contribution in [-0.4, -0.2) is 72.9 Å². The van der Waals surface area contributed by atoms with Crippen LogP contribution >= 0.6 is 0 Å². The molecule has 3 rings (SSSR count). The van der Waals surface area contributed by atoms with Crippen LogP contribution in [0.15, 0.2) is 36.4 Å². The molecule has 0 aliphatic carbocycles. The van der Waals surface area contributed by atoms with Crippen molar-refractivity contribution in [2.75, 3.05) is 50.9 Å². The fourth-order valence-electron chi connectivity index (χ4n) is 3.52. The van der Waals surface area contributed by atoms with E-state index in [-0.39, 0.29) is 49.1 Å². The lowest BCUT2D eigenvalue weighted by molar-refractivity contribution is -0.142. The van der Waals surface area contributed by atoms with E-state index in [4.69, 9.17) is 20.9 Å². The number of carbonyl (C=O) groups is 4. The molecule has 0 bridgehead atoms. The Hall–Kier alpha value is -4.08. The minimum absolute atomic E-state index is 0.213. The van der Waals surface area contributed by atoms with E-state index in [1.165, 1.54) is 9.80 Å². The normalized spacial score (nSPS) is 13.4. The maximum absolute atomic E-state index is 12.4. The van der Waals surface area contributed by atoms with Crippen LogP contribution in [0.5, 0.6) is 0 Å². The van der Waals surface area contributed by atoms with Crippen molar-refractivity contribution in [3.63, 3.8) is 0 Å². The van der Waals surface area contributed by atoms with E-state index in [0.29, 0.717) is 11.4 Å². The molecule has 1 saturated heterocycles. The highest BCUT2D eigenvalue weighted by Crippen LogP contribution is 2.18. The van der Waals surface area contributed by atoms with Crippen molar-refractivity contribution in [2.45, 2.75) is 13.8 Å². The number of piperazine rings is 1. The van der Waals surface area contributed by atoms with Crippen LogP contribution in [0.1, 0.15) is 31.8 Å². The van der Waals surface area contributed by atoms with E-state index in [1.54, 1.807) is 50.2 Å². The molecule has 0 spiro atoms. The van der Waals surface area contributed by atoms with Crippen LogP contribution in [0.2, 0.25) is 0 Å². The van der Waals surface area contributed by atoms with Gasteiger partial charge in [0, 0.05) is 37.6 Å². The van der Waals surface area contributed by atoms with E-state index < -0.39 is 25.2 Å². The average Bonchev–Trinajstić information content (AvgIpc) is 2.84. The van der Waals surface area contributed by atoms with Gasteiger partial charge in [-0.05, 0) is 37.1 Å². The number of rotatable bonds is 6. The molecule has 1 aliphatic rings. The predicted octanol–water partition coefficient (Wildman–Crippen LogP) is 1.15. The molecule has 0 unspecified atom stereocenters. The van der Waals surface area contributed by atoms with Crippen LogP contribution < -0.4 is 11.5 Å². The van der Waals surface area contributed by atoms with Crippen LogP contribution in [0, 0.1) is 13.8 Å². The lowest BCUT2D eigenvalue weighted by atomic mass is 10.1. The van der Waals surface area contributed by atoms with Crippen LogP contribution in [0.3, 0.4) is 0 Å². The molecule has 180 valence electrons. The Morgan fingerprint density at radius 1 is 0.706 bits per heavy atom. The zero-order valence-electron chi connectivity index (χ0n) is 19.2. The van der Waals surface area contributed by atoms with Gasteiger partial charge in [0.05, 0.1) is 11.1 Å². The third kappa shape index (κ3) is 5.64. The number of nitrogens with two attached hydrogens (primary N) is 2. The monoisotopic (exact) mass is 468 g/mol. The second-order valence-corrected chi connectivity index (χ2v) is 7.99. The summed E-state index contributed by atoms with van der Waals surface area (Å²) >= 11 is 0. The first-order valence-corrected chi connectivity index (χ1v) is 10.8. The molecule has 10 nitrogen and oxygen atoms in total. The van der Waals surface area contributed by atoms with E-state index in [0.717, 1.165) is 11.1 Å². The third-order valence-electron chi connectivity index (χ3n) is 5.73. The quantitative estimate of drug-likeness (QED) is 0.474. The third-order valence-corrected chi connectivity index (χ3v) is 5.73. The number of nitrogens with zero attached hydrogens (tertiary/aromatic N) is 2. The largest absolute Gasteiger partial charge is 0.452 e. The zero-order valence-corrected chi connectivity index (χ0v) is 19.2. The number of nitrogen functional groups attached to an aromatic ring is 2. The van der Waals surface area contributed by atoms with E-state index in [9.17, 15) is 19.2 Å². The van der Waals surface area contributed by atoms with Crippen LogP contribution in [0.25, 0.3) is 0 Å². The Morgan fingerprint density at radius 3 is 1.41 bits per heavy atom. The molecular formula is C24H28N4O6. The molecule has 2 amide bonds. The zero-order chi connectivity index (χ0) is 24.8. The topological polar surface area (TPSA) is 145 Å². The van der Waals surface area contributed by atoms with Crippen molar-refractivity contribution in [2.24, 2.45) is 0 Å². The number of hydrogen-bond donors (Lipinski definition) is 2. The summed E-state index contributed by atoms with van der Waals surface area (Å²) in [4.78, 5) is 52.4. The van der Waals surface area contributed by atoms with Gasteiger partial charge in [0.1, 0.15) is 0 Å². The highest BCUT2D eigenvalue weighted by Gasteiger charge is 2.26. The molecule has 34 heavy (non-hydrogen) atoms. The number of ether oxygens (including phenoxy) is 2. The highest BCUT2D eigenvalue weighted by atomic mass is 16.5. The maximum Gasteiger partial charge on any atom is 0.340 e. The smallest absolute Gasteiger partial charge is 0.340 e. The van der Waals surface area contributed by atoms with Gasteiger partial charge < -0.3 is 30.7 Å². The van der Waals surface area contributed by atoms with Crippen LogP contribution in [-0.2, 0) is 19.1 Å². The molecular weight excluding hydrogens is 440 g/mol. The first-order valence-electron chi connectivity index (χ1n) is 10.8. The number of hydrogen-bond acceptors (Lipinski definition) is 8. The molecule has 0 aromatic heterocycles. The molecule has 0 atom stereocenters. The lowest BCUT2D eigenvalue weighted by Crippen LogP contribution is -2.52. The fraction of sp³-hybridized carbons (Fsp3) is 0.333. The van der Waals surface area contributed by atoms with Crippen molar-refractivity contribution in [3.05, 3.63) is 58.7 Å². The summed E-state index contributed by atoms with van der Waals surface area (Å²) in [5.74, 6) is -2.07. The average molecular weight is 469 g/mol. The van der Waals surface area contributed by atoms with Crippen LogP contribution in [0.4, 0.5) is 11.4 Å². The number of amides is 2. The standard InChI is InChI=1S/C24H28N4O6/c1-15-5-3-7-17(21(15)25)23(31)33-13-19(29)27-9-11-28(12-10-27)20(30)14-34-24(32)18-8-4-6-16(2)22(18)26/h3-8H,9-14,25-26H2,1-2H3. The van der Waals surface area contributed by atoms with Crippen molar-refractivity contribution in [1.29, 1.82) is 0 Å². The summed E-state index contributed by atoms with van der Waals surface area (Å²) in [6.07, 6.45) is 0. The number of carbonyl (C=O) groups excluding carboxylic acids is 4. The van der Waals surface area contributed by atoms with Gasteiger partial charge in [0.25, 0.3) is 11.8 Å². The summed E-state index contributed by atoms with van der Waals surface area (Å²) in [5, 5.41) is 0. The minimum atomic E-state index is -0.667. The van der Waals surface area contributed by atoms with Gasteiger partial charge in [-0.1, -0.05) is 24.3 Å². The predicted molar refractivity (Wildman–Crippen MR) is 125 cm³/mol. The van der Waals surface area contributed by atoms with Gasteiger partial charge in [-0.3, -0.25) is 9.59 Å². The first kappa shape index (κ1) is 24.6. The van der Waals surface area contributed by atoms with Gasteiger partial charge in [-0.15, -0.1) is 0 Å². The molecule has 4 N–H and O–H groups in total. The number of benzene rings is 2. The summed E-state index contributed by atoms with van der Waals surface area (Å²) in [5.41, 5.74) is 14.3. The molecule has 10 heteroatoms. The Morgan fingerprint density at radius 2 is 1.06 bits per heavy atom. The number of anilines is 2. The molecule has 1 aliphatic heterocycles. The fourth-order valence-corrected chi connectivity index (χ4v) is 3.52.